The third-order valence-electron chi connectivity index (χ3n) is 2.43. The van der Waals surface area contributed by atoms with Crippen molar-refractivity contribution in [2.75, 3.05) is 7.11 Å². The summed E-state index contributed by atoms with van der Waals surface area (Å²) in [5, 5.41) is 0. The summed E-state index contributed by atoms with van der Waals surface area (Å²) < 4.78 is 5.24. The smallest absolute Gasteiger partial charge is 0.270 e. The number of nitrogens with one attached hydrogen (secondary N) is 1. The van der Waals surface area contributed by atoms with Gasteiger partial charge in [0.15, 0.2) is 0 Å². The van der Waals surface area contributed by atoms with E-state index in [9.17, 15) is 4.79 Å². The predicted molar refractivity (Wildman–Crippen MR) is 68.5 cm³/mol. The molecule has 0 aromatic carbocycles. The molecular weight excluding hydrogens is 216 g/mol. The number of hydrogen-bond donors (Lipinski definition) is 1. The molecule has 0 radical (unpaired) electrons. The SMILES string of the molecule is COc1nc(CC(C)C)c(=O)[nH]c1CC(C)C. The van der Waals surface area contributed by atoms with E-state index in [1.165, 1.54) is 0 Å². The van der Waals surface area contributed by atoms with Crippen LogP contribution < -0.4 is 10.3 Å². The number of methoxy groups -OCH3 is 1. The predicted octanol–water partition coefficient (Wildman–Crippen LogP) is 2.18. The first-order valence-corrected chi connectivity index (χ1v) is 6.10. The van der Waals surface area contributed by atoms with Gasteiger partial charge in [0.2, 0.25) is 5.88 Å². The molecule has 0 aliphatic carbocycles. The van der Waals surface area contributed by atoms with E-state index in [0.29, 0.717) is 29.8 Å². The Morgan fingerprint density at radius 2 is 1.76 bits per heavy atom. The van der Waals surface area contributed by atoms with Crippen molar-refractivity contribution in [1.29, 1.82) is 0 Å². The zero-order valence-corrected chi connectivity index (χ0v) is 11.3. The first kappa shape index (κ1) is 13.7. The van der Waals surface area contributed by atoms with Crippen LogP contribution in [0.15, 0.2) is 4.79 Å². The minimum Gasteiger partial charge on any atom is -0.480 e. The molecule has 1 aromatic heterocycles. The second-order valence-electron chi connectivity index (χ2n) is 5.20. The van der Waals surface area contributed by atoms with E-state index in [-0.39, 0.29) is 5.56 Å². The van der Waals surface area contributed by atoms with Gasteiger partial charge in [0, 0.05) is 0 Å². The van der Waals surface area contributed by atoms with Gasteiger partial charge in [0.25, 0.3) is 5.56 Å². The molecule has 1 N–H and O–H groups in total. The molecule has 96 valence electrons. The highest BCUT2D eigenvalue weighted by Gasteiger charge is 2.13. The quantitative estimate of drug-likeness (QED) is 0.855. The van der Waals surface area contributed by atoms with Crippen molar-refractivity contribution in [3.05, 3.63) is 21.7 Å². The maximum atomic E-state index is 11.9. The number of aromatic amines is 1. The van der Waals surface area contributed by atoms with Crippen LogP contribution >= 0.6 is 0 Å². The molecule has 0 saturated carbocycles. The fraction of sp³-hybridized carbons (Fsp3) is 0.692. The molecule has 1 aromatic rings. The lowest BCUT2D eigenvalue weighted by Crippen LogP contribution is -2.20. The van der Waals surface area contributed by atoms with E-state index in [1.807, 2.05) is 0 Å². The summed E-state index contributed by atoms with van der Waals surface area (Å²) in [5.41, 5.74) is 1.26. The Morgan fingerprint density at radius 3 is 2.24 bits per heavy atom. The molecule has 1 heterocycles. The fourth-order valence-corrected chi connectivity index (χ4v) is 1.74. The first-order chi connectivity index (χ1) is 7.93. The summed E-state index contributed by atoms with van der Waals surface area (Å²) in [6, 6.07) is 0. The Kier molecular flexibility index (Phi) is 4.73. The average Bonchev–Trinajstić information content (AvgIpc) is 2.20. The van der Waals surface area contributed by atoms with Gasteiger partial charge in [-0.15, -0.1) is 0 Å². The van der Waals surface area contributed by atoms with Crippen molar-refractivity contribution in [1.82, 2.24) is 9.97 Å². The molecule has 1 rings (SSSR count). The standard InChI is InChI=1S/C13H22N2O2/c1-8(2)6-10-12(16)14-11(7-9(3)4)13(15-10)17-5/h8-9H,6-7H2,1-5H3,(H,14,16). The zero-order chi connectivity index (χ0) is 13.0. The van der Waals surface area contributed by atoms with Crippen LogP contribution in [0.1, 0.15) is 39.1 Å². The average molecular weight is 238 g/mol. The highest BCUT2D eigenvalue weighted by molar-refractivity contribution is 5.21. The molecular formula is C13H22N2O2. The highest BCUT2D eigenvalue weighted by atomic mass is 16.5. The summed E-state index contributed by atoms with van der Waals surface area (Å²) in [6.07, 6.45) is 1.45. The molecule has 0 spiro atoms. The van der Waals surface area contributed by atoms with Crippen LogP contribution in [0, 0.1) is 11.8 Å². The van der Waals surface area contributed by atoms with Crippen LogP contribution in [-0.4, -0.2) is 17.1 Å². The van der Waals surface area contributed by atoms with E-state index >= 15 is 0 Å². The van der Waals surface area contributed by atoms with E-state index < -0.39 is 0 Å². The summed E-state index contributed by atoms with van der Waals surface area (Å²) in [5.74, 6) is 1.41. The summed E-state index contributed by atoms with van der Waals surface area (Å²) >= 11 is 0. The number of H-pyrrole nitrogens is 1. The van der Waals surface area contributed by atoms with Gasteiger partial charge in [-0.2, -0.15) is 0 Å². The maximum absolute atomic E-state index is 11.9. The Morgan fingerprint density at radius 1 is 1.18 bits per heavy atom. The molecule has 4 nitrogen and oxygen atoms in total. The molecule has 17 heavy (non-hydrogen) atoms. The Bertz CT molecular complexity index is 422. The minimum absolute atomic E-state index is 0.0878. The number of nitrogens with zero attached hydrogens (tertiary/aromatic N) is 1. The van der Waals surface area contributed by atoms with Crippen LogP contribution in [0.3, 0.4) is 0 Å². The van der Waals surface area contributed by atoms with Gasteiger partial charge in [0.1, 0.15) is 5.69 Å². The third kappa shape index (κ3) is 3.88. The van der Waals surface area contributed by atoms with Crippen molar-refractivity contribution in [2.24, 2.45) is 11.8 Å². The van der Waals surface area contributed by atoms with Gasteiger partial charge >= 0.3 is 0 Å². The summed E-state index contributed by atoms with van der Waals surface area (Å²) in [7, 11) is 1.59. The molecule has 4 heteroatoms. The van der Waals surface area contributed by atoms with Crippen LogP contribution in [0.25, 0.3) is 0 Å². The maximum Gasteiger partial charge on any atom is 0.270 e. The van der Waals surface area contributed by atoms with Crippen LogP contribution in [0.4, 0.5) is 0 Å². The van der Waals surface area contributed by atoms with E-state index in [0.717, 1.165) is 12.1 Å². The second kappa shape index (κ2) is 5.84. The van der Waals surface area contributed by atoms with Crippen molar-refractivity contribution in [3.8, 4) is 5.88 Å². The van der Waals surface area contributed by atoms with Crippen molar-refractivity contribution in [2.45, 2.75) is 40.5 Å². The van der Waals surface area contributed by atoms with Crippen LogP contribution in [-0.2, 0) is 12.8 Å². The van der Waals surface area contributed by atoms with Crippen molar-refractivity contribution in [3.63, 3.8) is 0 Å². The van der Waals surface area contributed by atoms with Gasteiger partial charge < -0.3 is 9.72 Å². The number of aromatic nitrogens is 2. The molecule has 0 aliphatic heterocycles. The second-order valence-corrected chi connectivity index (χ2v) is 5.20. The Balaban J connectivity index is 3.10. The lowest BCUT2D eigenvalue weighted by molar-refractivity contribution is 0.382. The Labute approximate surface area is 102 Å². The minimum atomic E-state index is -0.0878. The van der Waals surface area contributed by atoms with E-state index in [4.69, 9.17) is 4.74 Å². The number of rotatable bonds is 5. The molecule has 0 atom stereocenters. The van der Waals surface area contributed by atoms with E-state index in [1.54, 1.807) is 7.11 Å². The summed E-state index contributed by atoms with van der Waals surface area (Å²) in [6.45, 7) is 8.32. The highest BCUT2D eigenvalue weighted by Crippen LogP contribution is 2.16. The zero-order valence-electron chi connectivity index (χ0n) is 11.3. The molecule has 0 aliphatic rings. The lowest BCUT2D eigenvalue weighted by atomic mass is 10.1. The fourth-order valence-electron chi connectivity index (χ4n) is 1.74. The largest absolute Gasteiger partial charge is 0.480 e. The molecule has 0 amide bonds. The van der Waals surface area contributed by atoms with Gasteiger partial charge in [-0.25, -0.2) is 4.98 Å². The summed E-state index contributed by atoms with van der Waals surface area (Å²) in [4.78, 5) is 19.1. The van der Waals surface area contributed by atoms with Gasteiger partial charge in [-0.05, 0) is 24.7 Å². The van der Waals surface area contributed by atoms with Crippen molar-refractivity contribution >= 4 is 0 Å². The normalized spacial score (nSPS) is 11.2. The van der Waals surface area contributed by atoms with Crippen molar-refractivity contribution < 1.29 is 4.74 Å². The monoisotopic (exact) mass is 238 g/mol. The Hall–Kier alpha value is -1.32. The van der Waals surface area contributed by atoms with Crippen LogP contribution in [0.2, 0.25) is 0 Å². The molecule has 0 fully saturated rings. The van der Waals surface area contributed by atoms with Gasteiger partial charge in [-0.3, -0.25) is 4.79 Å². The lowest BCUT2D eigenvalue weighted by Gasteiger charge is -2.11. The molecule has 0 unspecified atom stereocenters. The number of hydrogen-bond acceptors (Lipinski definition) is 3. The first-order valence-electron chi connectivity index (χ1n) is 6.10. The molecule has 0 bridgehead atoms. The molecule has 0 saturated heterocycles. The topological polar surface area (TPSA) is 55.0 Å². The van der Waals surface area contributed by atoms with Gasteiger partial charge in [-0.1, -0.05) is 27.7 Å². The number of ether oxygens (including phenoxy) is 1. The van der Waals surface area contributed by atoms with Gasteiger partial charge in [0.05, 0.1) is 12.8 Å². The van der Waals surface area contributed by atoms with Crippen LogP contribution in [0.5, 0.6) is 5.88 Å². The van der Waals surface area contributed by atoms with E-state index in [2.05, 4.69) is 37.7 Å². The third-order valence-corrected chi connectivity index (χ3v) is 2.43.